The highest BCUT2D eigenvalue weighted by atomic mass is 19.1. The molecule has 0 aliphatic rings. The van der Waals surface area contributed by atoms with Crippen molar-refractivity contribution < 1.29 is 13.9 Å². The second-order valence-electron chi connectivity index (χ2n) is 1.48. The van der Waals surface area contributed by atoms with E-state index in [1.807, 2.05) is 0 Å². The highest BCUT2D eigenvalue weighted by Crippen LogP contribution is 1.85. The van der Waals surface area contributed by atoms with Crippen LogP contribution in [-0.4, -0.2) is 18.6 Å². The third-order valence-electron chi connectivity index (χ3n) is 0.725. The molecule has 0 bridgehead atoms. The Morgan fingerprint density at radius 2 is 2.27 bits per heavy atom. The SMILES string of the molecule is COC=O.Fc1ccccn1. The first-order chi connectivity index (χ1) is 5.31. The molecule has 0 radical (unpaired) electrons. The predicted octanol–water partition coefficient (Wildman–Crippen LogP) is 1.01. The molecule has 0 N–H and O–H groups in total. The Morgan fingerprint density at radius 3 is 2.45 bits per heavy atom. The Morgan fingerprint density at radius 1 is 1.64 bits per heavy atom. The molecule has 1 aromatic heterocycles. The number of hydrogen-bond donors (Lipinski definition) is 0. The lowest BCUT2D eigenvalue weighted by Gasteiger charge is -1.78. The van der Waals surface area contributed by atoms with E-state index < -0.39 is 5.95 Å². The van der Waals surface area contributed by atoms with Gasteiger partial charge in [-0.2, -0.15) is 4.39 Å². The summed E-state index contributed by atoms with van der Waals surface area (Å²) in [7, 11) is 1.31. The van der Waals surface area contributed by atoms with Gasteiger partial charge in [0.05, 0.1) is 7.11 Å². The smallest absolute Gasteiger partial charge is 0.292 e. The Labute approximate surface area is 63.8 Å². The number of hydrogen-bond acceptors (Lipinski definition) is 3. The third-order valence-corrected chi connectivity index (χ3v) is 0.725. The van der Waals surface area contributed by atoms with Crippen molar-refractivity contribution in [3.8, 4) is 0 Å². The van der Waals surface area contributed by atoms with Crippen molar-refractivity contribution >= 4 is 6.47 Å². The first-order valence-electron chi connectivity index (χ1n) is 2.84. The number of halogens is 1. The van der Waals surface area contributed by atoms with Gasteiger partial charge in [0.1, 0.15) is 0 Å². The topological polar surface area (TPSA) is 39.2 Å². The number of carbonyl (C=O) groups is 1. The maximum atomic E-state index is 11.8. The van der Waals surface area contributed by atoms with E-state index in [4.69, 9.17) is 4.79 Å². The summed E-state index contributed by atoms with van der Waals surface area (Å²) >= 11 is 0. The van der Waals surface area contributed by atoms with Crippen molar-refractivity contribution in [2.45, 2.75) is 0 Å². The first-order valence-corrected chi connectivity index (χ1v) is 2.84. The zero-order valence-corrected chi connectivity index (χ0v) is 6.03. The quantitative estimate of drug-likeness (QED) is 0.451. The summed E-state index contributed by atoms with van der Waals surface area (Å²) in [4.78, 5) is 12.3. The van der Waals surface area contributed by atoms with Gasteiger partial charge in [-0.15, -0.1) is 0 Å². The van der Waals surface area contributed by atoms with E-state index in [0.717, 1.165) is 0 Å². The Kier molecular flexibility index (Phi) is 5.79. The van der Waals surface area contributed by atoms with Crippen LogP contribution < -0.4 is 0 Å². The van der Waals surface area contributed by atoms with Gasteiger partial charge in [0, 0.05) is 6.20 Å². The maximum absolute atomic E-state index is 11.8. The number of ether oxygens (including phenoxy) is 1. The van der Waals surface area contributed by atoms with E-state index >= 15 is 0 Å². The summed E-state index contributed by atoms with van der Waals surface area (Å²) in [5, 5.41) is 0. The third kappa shape index (κ3) is 6.44. The van der Waals surface area contributed by atoms with Crippen LogP contribution in [0.4, 0.5) is 4.39 Å². The van der Waals surface area contributed by atoms with Crippen molar-refractivity contribution in [3.63, 3.8) is 0 Å². The minimum Gasteiger partial charge on any atom is -0.471 e. The molecule has 4 heteroatoms. The van der Waals surface area contributed by atoms with Crippen LogP contribution in [0.5, 0.6) is 0 Å². The normalized spacial score (nSPS) is 7.45. The zero-order chi connectivity index (χ0) is 8.53. The Bertz CT molecular complexity index is 191. The number of carbonyl (C=O) groups excluding carboxylic acids is 1. The van der Waals surface area contributed by atoms with Gasteiger partial charge in [0.25, 0.3) is 6.47 Å². The Hall–Kier alpha value is -1.45. The summed E-state index contributed by atoms with van der Waals surface area (Å²) in [6.07, 6.45) is 1.41. The lowest BCUT2D eigenvalue weighted by molar-refractivity contribution is -0.126. The minimum atomic E-state index is -0.428. The van der Waals surface area contributed by atoms with E-state index in [-0.39, 0.29) is 0 Å². The standard InChI is InChI=1S/C5H4FN.C2H4O2/c6-5-3-1-2-4-7-5;1-4-2-3/h1-4H;2H,1H3. The van der Waals surface area contributed by atoms with Gasteiger partial charge in [0.2, 0.25) is 5.95 Å². The van der Waals surface area contributed by atoms with Crippen molar-refractivity contribution in [2.24, 2.45) is 0 Å². The average Bonchev–Trinajstić information content (AvgIpc) is 2.07. The number of methoxy groups -OCH3 is 1. The van der Waals surface area contributed by atoms with Crippen LogP contribution in [0.15, 0.2) is 24.4 Å². The van der Waals surface area contributed by atoms with Crippen LogP contribution in [0.2, 0.25) is 0 Å². The van der Waals surface area contributed by atoms with Crippen LogP contribution >= 0.6 is 0 Å². The van der Waals surface area contributed by atoms with Crippen LogP contribution in [-0.2, 0) is 9.53 Å². The van der Waals surface area contributed by atoms with E-state index in [0.29, 0.717) is 6.47 Å². The molecule has 1 rings (SSSR count). The van der Waals surface area contributed by atoms with Gasteiger partial charge in [-0.25, -0.2) is 4.98 Å². The molecular formula is C7H8FNO2. The molecule has 0 amide bonds. The van der Waals surface area contributed by atoms with Crippen molar-refractivity contribution in [3.05, 3.63) is 30.3 Å². The number of aromatic nitrogens is 1. The van der Waals surface area contributed by atoms with Gasteiger partial charge in [-0.3, -0.25) is 4.79 Å². The number of pyridine rings is 1. The molecule has 0 atom stereocenters. The molecule has 0 saturated heterocycles. The maximum Gasteiger partial charge on any atom is 0.292 e. The van der Waals surface area contributed by atoms with Gasteiger partial charge < -0.3 is 4.74 Å². The molecule has 3 nitrogen and oxygen atoms in total. The summed E-state index contributed by atoms with van der Waals surface area (Å²) in [5.41, 5.74) is 0. The lowest BCUT2D eigenvalue weighted by Crippen LogP contribution is -1.73. The van der Waals surface area contributed by atoms with Crippen molar-refractivity contribution in [2.75, 3.05) is 7.11 Å². The van der Waals surface area contributed by atoms with E-state index in [1.54, 1.807) is 12.1 Å². The van der Waals surface area contributed by atoms with E-state index in [1.165, 1.54) is 19.4 Å². The molecule has 60 valence electrons. The molecule has 0 spiro atoms. The highest BCUT2D eigenvalue weighted by Gasteiger charge is 1.78. The van der Waals surface area contributed by atoms with Crippen LogP contribution in [0.1, 0.15) is 0 Å². The van der Waals surface area contributed by atoms with Crippen LogP contribution in [0, 0.1) is 5.95 Å². The van der Waals surface area contributed by atoms with Gasteiger partial charge >= 0.3 is 0 Å². The molecule has 0 fully saturated rings. The largest absolute Gasteiger partial charge is 0.471 e. The number of rotatable bonds is 1. The van der Waals surface area contributed by atoms with Crippen LogP contribution in [0.25, 0.3) is 0 Å². The minimum absolute atomic E-state index is 0.375. The molecule has 0 unspecified atom stereocenters. The molecule has 0 aliphatic carbocycles. The summed E-state index contributed by atoms with van der Waals surface area (Å²) < 4.78 is 15.7. The number of nitrogens with zero attached hydrogens (tertiary/aromatic N) is 1. The molecule has 1 aromatic rings. The fourth-order valence-electron chi connectivity index (χ4n) is 0.342. The molecule has 0 aromatic carbocycles. The monoisotopic (exact) mass is 157 g/mol. The molecule has 11 heavy (non-hydrogen) atoms. The second kappa shape index (κ2) is 6.67. The lowest BCUT2D eigenvalue weighted by atomic mass is 10.5. The first kappa shape index (κ1) is 9.55. The predicted molar refractivity (Wildman–Crippen MR) is 37.3 cm³/mol. The summed E-state index contributed by atoms with van der Waals surface area (Å²) in [5.74, 6) is -0.428. The second-order valence-corrected chi connectivity index (χ2v) is 1.48. The van der Waals surface area contributed by atoms with E-state index in [2.05, 4.69) is 9.72 Å². The zero-order valence-electron chi connectivity index (χ0n) is 6.03. The summed E-state index contributed by atoms with van der Waals surface area (Å²) in [6, 6.07) is 4.57. The molecule has 0 saturated carbocycles. The van der Waals surface area contributed by atoms with Gasteiger partial charge in [-0.05, 0) is 12.1 Å². The fraction of sp³-hybridized carbons (Fsp3) is 0.143. The highest BCUT2D eigenvalue weighted by molar-refractivity contribution is 5.36. The Balaban J connectivity index is 0.000000218. The molecular weight excluding hydrogens is 149 g/mol. The van der Waals surface area contributed by atoms with Crippen molar-refractivity contribution in [1.29, 1.82) is 0 Å². The molecule has 0 aliphatic heterocycles. The van der Waals surface area contributed by atoms with E-state index in [9.17, 15) is 4.39 Å². The van der Waals surface area contributed by atoms with Gasteiger partial charge in [0.15, 0.2) is 0 Å². The van der Waals surface area contributed by atoms with Crippen LogP contribution in [0.3, 0.4) is 0 Å². The van der Waals surface area contributed by atoms with Gasteiger partial charge in [-0.1, -0.05) is 6.07 Å². The molecule has 1 heterocycles. The van der Waals surface area contributed by atoms with Crippen molar-refractivity contribution in [1.82, 2.24) is 4.98 Å². The fourth-order valence-corrected chi connectivity index (χ4v) is 0.342. The summed E-state index contributed by atoms with van der Waals surface area (Å²) in [6.45, 7) is 0.375. The average molecular weight is 157 g/mol.